The van der Waals surface area contributed by atoms with Gasteiger partial charge in [-0.1, -0.05) is 13.3 Å². The number of benzene rings is 1. The molecule has 2 rings (SSSR count). The van der Waals surface area contributed by atoms with Gasteiger partial charge in [0.2, 0.25) is 5.75 Å². The van der Waals surface area contributed by atoms with Crippen molar-refractivity contribution >= 4 is 5.69 Å². The summed E-state index contributed by atoms with van der Waals surface area (Å²) in [5, 5.41) is 14.4. The number of ether oxygens (including phenoxy) is 2. The lowest BCUT2D eigenvalue weighted by molar-refractivity contribution is -0.385. The molecule has 1 aliphatic heterocycles. The van der Waals surface area contributed by atoms with E-state index < -0.39 is 4.92 Å². The molecule has 0 bridgehead atoms. The molecule has 0 amide bonds. The van der Waals surface area contributed by atoms with Gasteiger partial charge in [-0.15, -0.1) is 0 Å². The standard InChI is InChI=1S/C15H22N2O4/c1-2-9-20-15-10-13(6-7-14(15)17(18)19)21-11-12-5-3-4-8-16-12/h6-7,10,12,16H,2-5,8-9,11H2,1H3. The van der Waals surface area contributed by atoms with Gasteiger partial charge in [-0.25, -0.2) is 0 Å². The summed E-state index contributed by atoms with van der Waals surface area (Å²) in [7, 11) is 0. The monoisotopic (exact) mass is 294 g/mol. The van der Waals surface area contributed by atoms with E-state index in [1.54, 1.807) is 12.1 Å². The highest BCUT2D eigenvalue weighted by molar-refractivity contribution is 5.50. The third kappa shape index (κ3) is 4.60. The Morgan fingerprint density at radius 2 is 2.24 bits per heavy atom. The fourth-order valence-corrected chi connectivity index (χ4v) is 2.33. The lowest BCUT2D eigenvalue weighted by Gasteiger charge is -2.23. The molecule has 21 heavy (non-hydrogen) atoms. The minimum absolute atomic E-state index is 0.0217. The maximum absolute atomic E-state index is 11.0. The number of hydrogen-bond acceptors (Lipinski definition) is 5. The molecule has 1 aromatic rings. The molecule has 0 radical (unpaired) electrons. The SMILES string of the molecule is CCCOc1cc(OCC2CCCCN2)ccc1[N+](=O)[O-]. The van der Waals surface area contributed by atoms with Crippen molar-refractivity contribution in [1.82, 2.24) is 5.32 Å². The summed E-state index contributed by atoms with van der Waals surface area (Å²) in [6, 6.07) is 5.03. The molecule has 0 aromatic heterocycles. The molecular weight excluding hydrogens is 272 g/mol. The highest BCUT2D eigenvalue weighted by Crippen LogP contribution is 2.31. The van der Waals surface area contributed by atoms with Crippen LogP contribution in [-0.2, 0) is 0 Å². The van der Waals surface area contributed by atoms with Crippen LogP contribution in [0.5, 0.6) is 11.5 Å². The maximum Gasteiger partial charge on any atom is 0.311 e. The van der Waals surface area contributed by atoms with Crippen LogP contribution < -0.4 is 14.8 Å². The van der Waals surface area contributed by atoms with Crippen molar-refractivity contribution in [3.05, 3.63) is 28.3 Å². The first-order valence-electron chi connectivity index (χ1n) is 7.48. The Morgan fingerprint density at radius 1 is 1.38 bits per heavy atom. The van der Waals surface area contributed by atoms with Gasteiger partial charge in [0.25, 0.3) is 0 Å². The van der Waals surface area contributed by atoms with Gasteiger partial charge in [-0.05, 0) is 31.9 Å². The number of nitro groups is 1. The molecule has 1 aromatic carbocycles. The summed E-state index contributed by atoms with van der Waals surface area (Å²) in [6.07, 6.45) is 4.33. The zero-order chi connectivity index (χ0) is 15.1. The van der Waals surface area contributed by atoms with Crippen LogP contribution in [0.1, 0.15) is 32.6 Å². The topological polar surface area (TPSA) is 73.6 Å². The predicted octanol–water partition coefficient (Wildman–Crippen LogP) is 2.90. The molecule has 0 spiro atoms. The van der Waals surface area contributed by atoms with Gasteiger partial charge in [0.1, 0.15) is 12.4 Å². The zero-order valence-corrected chi connectivity index (χ0v) is 12.3. The summed E-state index contributed by atoms with van der Waals surface area (Å²) in [5.41, 5.74) is -0.0217. The summed E-state index contributed by atoms with van der Waals surface area (Å²) < 4.78 is 11.2. The molecule has 1 saturated heterocycles. The van der Waals surface area contributed by atoms with Gasteiger partial charge in [0.05, 0.1) is 11.5 Å². The van der Waals surface area contributed by atoms with E-state index in [1.165, 1.54) is 18.9 Å². The molecule has 1 aliphatic rings. The van der Waals surface area contributed by atoms with Crippen molar-refractivity contribution in [2.24, 2.45) is 0 Å². The molecule has 0 saturated carbocycles. The summed E-state index contributed by atoms with van der Waals surface area (Å²) >= 11 is 0. The number of rotatable bonds is 7. The van der Waals surface area contributed by atoms with E-state index in [9.17, 15) is 10.1 Å². The molecule has 0 aliphatic carbocycles. The lowest BCUT2D eigenvalue weighted by Crippen LogP contribution is -2.38. The maximum atomic E-state index is 11.0. The van der Waals surface area contributed by atoms with Crippen LogP contribution in [0.25, 0.3) is 0 Å². The Morgan fingerprint density at radius 3 is 2.90 bits per heavy atom. The minimum Gasteiger partial charge on any atom is -0.492 e. The second-order valence-electron chi connectivity index (χ2n) is 5.19. The van der Waals surface area contributed by atoms with Crippen molar-refractivity contribution in [2.75, 3.05) is 19.8 Å². The quantitative estimate of drug-likeness (QED) is 0.618. The minimum atomic E-state index is -0.433. The first-order chi connectivity index (χ1) is 10.2. The third-order valence-corrected chi connectivity index (χ3v) is 3.45. The van der Waals surface area contributed by atoms with E-state index in [0.29, 0.717) is 25.0 Å². The smallest absolute Gasteiger partial charge is 0.311 e. The number of piperidine rings is 1. The van der Waals surface area contributed by atoms with Gasteiger partial charge in [0.15, 0.2) is 0 Å². The summed E-state index contributed by atoms with van der Waals surface area (Å²) in [5.74, 6) is 0.884. The van der Waals surface area contributed by atoms with E-state index in [0.717, 1.165) is 19.4 Å². The molecule has 116 valence electrons. The van der Waals surface area contributed by atoms with Gasteiger partial charge in [0, 0.05) is 18.2 Å². The molecule has 6 heteroatoms. The van der Waals surface area contributed by atoms with E-state index in [4.69, 9.17) is 9.47 Å². The van der Waals surface area contributed by atoms with E-state index >= 15 is 0 Å². The number of hydrogen-bond donors (Lipinski definition) is 1. The van der Waals surface area contributed by atoms with Gasteiger partial charge >= 0.3 is 5.69 Å². The van der Waals surface area contributed by atoms with Gasteiger partial charge in [-0.3, -0.25) is 10.1 Å². The van der Waals surface area contributed by atoms with Crippen molar-refractivity contribution in [3.63, 3.8) is 0 Å². The van der Waals surface area contributed by atoms with Crippen LogP contribution in [0, 0.1) is 10.1 Å². The highest BCUT2D eigenvalue weighted by Gasteiger charge is 2.17. The van der Waals surface area contributed by atoms with Crippen molar-refractivity contribution in [2.45, 2.75) is 38.6 Å². The Balaban J connectivity index is 2.00. The van der Waals surface area contributed by atoms with Gasteiger partial charge < -0.3 is 14.8 Å². The second kappa shape index (κ2) is 7.83. The average Bonchev–Trinajstić information content (AvgIpc) is 2.51. The predicted molar refractivity (Wildman–Crippen MR) is 80.0 cm³/mol. The second-order valence-corrected chi connectivity index (χ2v) is 5.19. The van der Waals surface area contributed by atoms with E-state index in [1.807, 2.05) is 6.92 Å². The molecule has 6 nitrogen and oxygen atoms in total. The largest absolute Gasteiger partial charge is 0.492 e. The van der Waals surface area contributed by atoms with Crippen molar-refractivity contribution in [1.29, 1.82) is 0 Å². The zero-order valence-electron chi connectivity index (χ0n) is 12.3. The van der Waals surface area contributed by atoms with Crippen LogP contribution in [0.2, 0.25) is 0 Å². The van der Waals surface area contributed by atoms with Crippen LogP contribution in [0.15, 0.2) is 18.2 Å². The summed E-state index contributed by atoms with van der Waals surface area (Å²) in [6.45, 7) is 4.01. The van der Waals surface area contributed by atoms with Crippen molar-refractivity contribution in [3.8, 4) is 11.5 Å². The fraction of sp³-hybridized carbons (Fsp3) is 0.600. The van der Waals surface area contributed by atoms with Crippen LogP contribution in [0.3, 0.4) is 0 Å². The molecule has 1 heterocycles. The van der Waals surface area contributed by atoms with Crippen molar-refractivity contribution < 1.29 is 14.4 Å². The van der Waals surface area contributed by atoms with E-state index in [-0.39, 0.29) is 11.4 Å². The molecule has 1 fully saturated rings. The number of nitro benzene ring substituents is 1. The first-order valence-corrected chi connectivity index (χ1v) is 7.48. The molecular formula is C15H22N2O4. The Kier molecular flexibility index (Phi) is 5.80. The van der Waals surface area contributed by atoms with Crippen LogP contribution in [0.4, 0.5) is 5.69 Å². The average molecular weight is 294 g/mol. The highest BCUT2D eigenvalue weighted by atomic mass is 16.6. The van der Waals surface area contributed by atoms with E-state index in [2.05, 4.69) is 5.32 Å². The lowest BCUT2D eigenvalue weighted by atomic mass is 10.1. The Bertz CT molecular complexity index is 473. The first kappa shape index (κ1) is 15.6. The number of nitrogens with one attached hydrogen (secondary N) is 1. The van der Waals surface area contributed by atoms with Crippen LogP contribution >= 0.6 is 0 Å². The Hall–Kier alpha value is -1.82. The Labute approximate surface area is 124 Å². The number of nitrogens with zero attached hydrogens (tertiary/aromatic N) is 1. The third-order valence-electron chi connectivity index (χ3n) is 3.45. The molecule has 1 atom stereocenters. The normalized spacial score (nSPS) is 18.2. The van der Waals surface area contributed by atoms with Gasteiger partial charge in [-0.2, -0.15) is 0 Å². The molecule has 1 N–H and O–H groups in total. The molecule has 1 unspecified atom stereocenters. The summed E-state index contributed by atoms with van der Waals surface area (Å²) in [4.78, 5) is 10.5. The van der Waals surface area contributed by atoms with Crippen LogP contribution in [-0.4, -0.2) is 30.7 Å². The fourth-order valence-electron chi connectivity index (χ4n) is 2.33.